The van der Waals surface area contributed by atoms with Gasteiger partial charge in [-0.1, -0.05) is 20.8 Å². The van der Waals surface area contributed by atoms with Crippen LogP contribution in [0.5, 0.6) is 0 Å². The first-order valence-electron chi connectivity index (χ1n) is 7.51. The predicted octanol–water partition coefficient (Wildman–Crippen LogP) is 2.49. The fourth-order valence-electron chi connectivity index (χ4n) is 3.96. The van der Waals surface area contributed by atoms with Crippen LogP contribution in [0.25, 0.3) is 0 Å². The van der Waals surface area contributed by atoms with Gasteiger partial charge in [-0.3, -0.25) is 4.79 Å². The Morgan fingerprint density at radius 3 is 2.35 bits per heavy atom. The molecule has 0 aromatic heterocycles. The monoisotopic (exact) mass is 301 g/mol. The van der Waals surface area contributed by atoms with Crippen molar-refractivity contribution in [1.29, 1.82) is 0 Å². The molecule has 0 radical (unpaired) electrons. The molecule has 1 N–H and O–H groups in total. The summed E-state index contributed by atoms with van der Waals surface area (Å²) in [4.78, 5) is 12.4. The third kappa shape index (κ3) is 2.33. The topological polar surface area (TPSA) is 63.2 Å². The Morgan fingerprint density at radius 2 is 1.95 bits per heavy atom. The molecule has 2 bridgehead atoms. The van der Waals surface area contributed by atoms with Crippen LogP contribution < -0.4 is 4.72 Å². The summed E-state index contributed by atoms with van der Waals surface area (Å²) < 4.78 is 27.8. The Kier molecular flexibility index (Phi) is 3.62. The number of sulfonamides is 1. The molecule has 0 aromatic carbocycles. The molecule has 0 amide bonds. The molecule has 0 aromatic rings. The van der Waals surface area contributed by atoms with Crippen LogP contribution in [0.4, 0.5) is 0 Å². The number of nitrogens with one attached hydrogen (secondary N) is 1. The van der Waals surface area contributed by atoms with E-state index in [1.807, 2.05) is 20.8 Å². The summed E-state index contributed by atoms with van der Waals surface area (Å²) in [7, 11) is -3.45. The summed E-state index contributed by atoms with van der Waals surface area (Å²) in [6.45, 7) is 9.84. The molecule has 0 spiro atoms. The third-order valence-electron chi connectivity index (χ3n) is 5.89. The minimum Gasteiger partial charge on any atom is -0.299 e. The highest BCUT2D eigenvalue weighted by Crippen LogP contribution is 2.64. The number of fused-ring (bicyclic) bond motifs is 2. The average molecular weight is 301 g/mol. The van der Waals surface area contributed by atoms with E-state index in [1.165, 1.54) is 0 Å². The number of ketones is 1. The predicted molar refractivity (Wildman–Crippen MR) is 79.9 cm³/mol. The van der Waals surface area contributed by atoms with E-state index in [0.717, 1.165) is 19.3 Å². The van der Waals surface area contributed by atoms with Crippen molar-refractivity contribution in [2.24, 2.45) is 16.7 Å². The lowest BCUT2D eigenvalue weighted by molar-refractivity contribution is -0.128. The molecule has 0 heterocycles. The molecule has 4 nitrogen and oxygen atoms in total. The second-order valence-corrected chi connectivity index (χ2v) is 9.49. The molecule has 116 valence electrons. The fourth-order valence-corrected chi connectivity index (χ4v) is 6.35. The first kappa shape index (κ1) is 16.0. The van der Waals surface area contributed by atoms with Gasteiger partial charge in [0, 0.05) is 17.4 Å². The maximum atomic E-state index is 12.5. The van der Waals surface area contributed by atoms with Crippen molar-refractivity contribution < 1.29 is 13.2 Å². The molecule has 2 atom stereocenters. The molecule has 0 aliphatic heterocycles. The molecule has 20 heavy (non-hydrogen) atoms. The standard InChI is InChI=1S/C15H27NO3S/c1-6-13(2,3)16-20(18,19)10-15-8-7-11(9-12(15)17)14(15,4)5/h11,16H,6-10H2,1-5H3/t11-,15-/m0/s1. The zero-order valence-corrected chi connectivity index (χ0v) is 14.1. The molecule has 2 saturated carbocycles. The summed E-state index contributed by atoms with van der Waals surface area (Å²) in [5, 5.41) is 0. The number of hydrogen-bond acceptors (Lipinski definition) is 3. The fraction of sp³-hybridized carbons (Fsp3) is 0.933. The van der Waals surface area contributed by atoms with Gasteiger partial charge in [0.1, 0.15) is 5.78 Å². The molecule has 0 unspecified atom stereocenters. The van der Waals surface area contributed by atoms with E-state index in [4.69, 9.17) is 0 Å². The van der Waals surface area contributed by atoms with Gasteiger partial charge in [0.15, 0.2) is 0 Å². The van der Waals surface area contributed by atoms with Gasteiger partial charge < -0.3 is 0 Å². The van der Waals surface area contributed by atoms with Crippen molar-refractivity contribution in [1.82, 2.24) is 4.72 Å². The van der Waals surface area contributed by atoms with Gasteiger partial charge >= 0.3 is 0 Å². The van der Waals surface area contributed by atoms with Gasteiger partial charge in [-0.05, 0) is 44.4 Å². The summed E-state index contributed by atoms with van der Waals surface area (Å²) in [5.41, 5.74) is -1.33. The van der Waals surface area contributed by atoms with E-state index < -0.39 is 21.0 Å². The highest BCUT2D eigenvalue weighted by Gasteiger charge is 2.65. The first-order chi connectivity index (χ1) is 8.96. The van der Waals surface area contributed by atoms with Crippen LogP contribution in [0.1, 0.15) is 60.3 Å². The van der Waals surface area contributed by atoms with Crippen molar-refractivity contribution in [3.05, 3.63) is 0 Å². The van der Waals surface area contributed by atoms with Gasteiger partial charge in [0.2, 0.25) is 10.0 Å². The van der Waals surface area contributed by atoms with Crippen LogP contribution in [0.3, 0.4) is 0 Å². The zero-order valence-electron chi connectivity index (χ0n) is 13.2. The largest absolute Gasteiger partial charge is 0.299 e. The highest BCUT2D eigenvalue weighted by molar-refractivity contribution is 7.89. The van der Waals surface area contributed by atoms with E-state index in [0.29, 0.717) is 12.3 Å². The van der Waals surface area contributed by atoms with Gasteiger partial charge in [0.25, 0.3) is 0 Å². The number of rotatable bonds is 5. The summed E-state index contributed by atoms with van der Waals surface area (Å²) in [6, 6.07) is 0. The summed E-state index contributed by atoms with van der Waals surface area (Å²) in [5.74, 6) is 0.453. The van der Waals surface area contributed by atoms with E-state index in [1.54, 1.807) is 0 Å². The maximum absolute atomic E-state index is 12.5. The van der Waals surface area contributed by atoms with Crippen molar-refractivity contribution in [2.45, 2.75) is 65.8 Å². The van der Waals surface area contributed by atoms with Crippen molar-refractivity contribution >= 4 is 15.8 Å². The second kappa shape index (κ2) is 4.54. The van der Waals surface area contributed by atoms with E-state index in [9.17, 15) is 13.2 Å². The van der Waals surface area contributed by atoms with Crippen molar-refractivity contribution in [3.63, 3.8) is 0 Å². The highest BCUT2D eigenvalue weighted by atomic mass is 32.2. The quantitative estimate of drug-likeness (QED) is 0.848. The van der Waals surface area contributed by atoms with Crippen LogP contribution >= 0.6 is 0 Å². The van der Waals surface area contributed by atoms with Crippen LogP contribution in [0, 0.1) is 16.7 Å². The average Bonchev–Trinajstić information content (AvgIpc) is 2.60. The van der Waals surface area contributed by atoms with E-state index >= 15 is 0 Å². The number of carbonyl (C=O) groups excluding carboxylic acids is 1. The zero-order chi connectivity index (χ0) is 15.4. The van der Waals surface area contributed by atoms with Gasteiger partial charge in [0.05, 0.1) is 5.75 Å². The number of carbonyl (C=O) groups is 1. The van der Waals surface area contributed by atoms with Gasteiger partial charge in [-0.15, -0.1) is 0 Å². The Hall–Kier alpha value is -0.420. The Morgan fingerprint density at radius 1 is 1.35 bits per heavy atom. The lowest BCUT2D eigenvalue weighted by Gasteiger charge is -2.37. The molecular formula is C15H27NO3S. The van der Waals surface area contributed by atoms with Crippen LogP contribution in [0.15, 0.2) is 0 Å². The van der Waals surface area contributed by atoms with E-state index in [-0.39, 0.29) is 17.0 Å². The van der Waals surface area contributed by atoms with Crippen LogP contribution in [-0.4, -0.2) is 25.5 Å². The number of hydrogen-bond donors (Lipinski definition) is 1. The summed E-state index contributed by atoms with van der Waals surface area (Å²) in [6.07, 6.45) is 2.97. The SMILES string of the molecule is CCC(C)(C)NS(=O)(=O)C[C@@]12CC[C@@H](CC1=O)C2(C)C. The number of Topliss-reactive ketones (excluding diaryl/α,β-unsaturated/α-hetero) is 1. The smallest absolute Gasteiger partial charge is 0.213 e. The molecule has 2 aliphatic carbocycles. The molecule has 5 heteroatoms. The Bertz CT molecular complexity index is 521. The lowest BCUT2D eigenvalue weighted by atomic mass is 9.70. The normalized spacial score (nSPS) is 32.9. The maximum Gasteiger partial charge on any atom is 0.213 e. The molecule has 2 aliphatic rings. The minimum absolute atomic E-state index is 0.0498. The van der Waals surface area contributed by atoms with E-state index in [2.05, 4.69) is 18.6 Å². The second-order valence-electron chi connectivity index (χ2n) is 7.77. The lowest BCUT2D eigenvalue weighted by Crippen LogP contribution is -2.50. The third-order valence-corrected chi connectivity index (χ3v) is 7.63. The van der Waals surface area contributed by atoms with Gasteiger partial charge in [-0.2, -0.15) is 0 Å². The Balaban J connectivity index is 2.27. The van der Waals surface area contributed by atoms with Gasteiger partial charge in [-0.25, -0.2) is 13.1 Å². The molecule has 2 rings (SSSR count). The minimum atomic E-state index is -3.45. The molecule has 2 fully saturated rings. The van der Waals surface area contributed by atoms with Crippen molar-refractivity contribution in [3.8, 4) is 0 Å². The van der Waals surface area contributed by atoms with Crippen LogP contribution in [-0.2, 0) is 14.8 Å². The molecular weight excluding hydrogens is 274 g/mol. The van der Waals surface area contributed by atoms with Crippen molar-refractivity contribution in [2.75, 3.05) is 5.75 Å². The molecule has 0 saturated heterocycles. The Labute approximate surface area is 122 Å². The van der Waals surface area contributed by atoms with Crippen LogP contribution in [0.2, 0.25) is 0 Å². The summed E-state index contributed by atoms with van der Waals surface area (Å²) >= 11 is 0. The first-order valence-corrected chi connectivity index (χ1v) is 9.16.